The van der Waals surface area contributed by atoms with Crippen LogP contribution in [-0.2, 0) is 25.4 Å². The van der Waals surface area contributed by atoms with E-state index in [0.29, 0.717) is 51.4 Å². The second-order valence-electron chi connectivity index (χ2n) is 11.6. The molecular weight excluding hydrogens is 558 g/mol. The predicted octanol–water partition coefficient (Wildman–Crippen LogP) is 1.61. The molecule has 0 aromatic heterocycles. The molecule has 2 aliphatic heterocycles. The van der Waals surface area contributed by atoms with Crippen molar-refractivity contribution in [3.05, 3.63) is 51.6 Å². The first-order chi connectivity index (χ1) is 20.7. The average molecular weight is 596 g/mol. The topological polar surface area (TPSA) is 181 Å². The minimum atomic E-state index is -0.901. The van der Waals surface area contributed by atoms with Gasteiger partial charge in [-0.05, 0) is 32.3 Å². The summed E-state index contributed by atoms with van der Waals surface area (Å²) in [5.41, 5.74) is 6.08. The number of aliphatic hydroxyl groups excluding tert-OH is 1. The predicted molar refractivity (Wildman–Crippen MR) is 153 cm³/mol. The van der Waals surface area contributed by atoms with Gasteiger partial charge in [0.05, 0.1) is 42.6 Å². The molecule has 12 heteroatoms. The van der Waals surface area contributed by atoms with Gasteiger partial charge in [0.2, 0.25) is 0 Å². The molecule has 2 heterocycles. The molecule has 43 heavy (non-hydrogen) atoms. The highest BCUT2D eigenvalue weighted by atomic mass is 16.7. The maximum atomic E-state index is 14.0. The molecule has 2 aromatic rings. The summed E-state index contributed by atoms with van der Waals surface area (Å²) in [7, 11) is 0. The van der Waals surface area contributed by atoms with Crippen LogP contribution in [0.5, 0.6) is 11.5 Å². The molecule has 2 saturated heterocycles. The fourth-order valence-electron chi connectivity index (χ4n) is 6.88. The summed E-state index contributed by atoms with van der Waals surface area (Å²) in [5.74, 6) is -2.74. The Morgan fingerprint density at radius 3 is 2.65 bits per heavy atom. The van der Waals surface area contributed by atoms with Gasteiger partial charge in [-0.1, -0.05) is 12.1 Å². The van der Waals surface area contributed by atoms with Crippen LogP contribution < -0.4 is 11.1 Å². The van der Waals surface area contributed by atoms with Crippen molar-refractivity contribution in [2.45, 2.75) is 57.3 Å². The van der Waals surface area contributed by atoms with E-state index in [0.717, 1.165) is 0 Å². The summed E-state index contributed by atoms with van der Waals surface area (Å²) in [4.78, 5) is 42.3. The second-order valence-corrected chi connectivity index (χ2v) is 11.6. The number of aliphatic hydroxyl groups is 1. The third kappa shape index (κ3) is 5.22. The van der Waals surface area contributed by atoms with Gasteiger partial charge in [-0.3, -0.25) is 19.3 Å². The number of carbonyl (C=O) groups is 3. The maximum Gasteiger partial charge on any atom is 0.200 e. The monoisotopic (exact) mass is 595 g/mol. The van der Waals surface area contributed by atoms with Gasteiger partial charge in [0, 0.05) is 60.4 Å². The van der Waals surface area contributed by atoms with Crippen LogP contribution in [0.15, 0.2) is 18.2 Å². The second kappa shape index (κ2) is 11.9. The van der Waals surface area contributed by atoms with Gasteiger partial charge in [-0.2, -0.15) is 0 Å². The molecule has 4 aliphatic rings. The van der Waals surface area contributed by atoms with E-state index in [9.17, 15) is 29.7 Å². The van der Waals surface area contributed by atoms with E-state index in [2.05, 4.69) is 5.32 Å². The Balaban J connectivity index is 1.39. The fourth-order valence-corrected chi connectivity index (χ4v) is 6.88. The quantitative estimate of drug-likeness (QED) is 0.249. The number of phenolic OH excluding ortho intramolecular Hbond substituents is 2. The summed E-state index contributed by atoms with van der Waals surface area (Å²) in [5, 5.41) is 36.8. The third-order valence-corrected chi connectivity index (χ3v) is 9.03. The van der Waals surface area contributed by atoms with Gasteiger partial charge >= 0.3 is 0 Å². The highest BCUT2D eigenvalue weighted by Gasteiger charge is 2.44. The maximum absolute atomic E-state index is 14.0. The first-order valence-corrected chi connectivity index (χ1v) is 14.8. The van der Waals surface area contributed by atoms with Crippen LogP contribution in [0.4, 0.5) is 5.69 Å². The molecule has 230 valence electrons. The Morgan fingerprint density at radius 2 is 1.91 bits per heavy atom. The lowest BCUT2D eigenvalue weighted by molar-refractivity contribution is -0.220. The molecule has 12 nitrogen and oxygen atoms in total. The van der Waals surface area contributed by atoms with Gasteiger partial charge < -0.3 is 40.6 Å². The number of carbonyl (C=O) groups excluding carboxylic acids is 3. The van der Waals surface area contributed by atoms with E-state index in [-0.39, 0.29) is 64.7 Å². The van der Waals surface area contributed by atoms with E-state index >= 15 is 0 Å². The van der Waals surface area contributed by atoms with Gasteiger partial charge in [-0.25, -0.2) is 0 Å². The number of rotatable bonds is 7. The van der Waals surface area contributed by atoms with Gasteiger partial charge in [0.1, 0.15) is 23.5 Å². The number of aromatic hydroxyl groups is 2. The average Bonchev–Trinajstić information content (AvgIpc) is 3.00. The van der Waals surface area contributed by atoms with Crippen molar-refractivity contribution < 1.29 is 43.9 Å². The number of ketones is 3. The number of nitrogens with one attached hydrogen (secondary N) is 1. The molecule has 0 saturated carbocycles. The number of fused-ring (bicyclic) bond motifs is 3. The number of hydrogen-bond acceptors (Lipinski definition) is 12. The smallest absolute Gasteiger partial charge is 0.200 e. The largest absolute Gasteiger partial charge is 0.507 e. The van der Waals surface area contributed by atoms with Gasteiger partial charge in [-0.15, -0.1) is 0 Å². The minimum absolute atomic E-state index is 0.0370. The first kappa shape index (κ1) is 29.7. The zero-order chi connectivity index (χ0) is 30.4. The Hall–Kier alpha value is -3.39. The molecule has 0 radical (unpaired) electrons. The number of hydrogen-bond donors (Lipinski definition) is 5. The highest BCUT2D eigenvalue weighted by molar-refractivity contribution is 6.32. The van der Waals surface area contributed by atoms with E-state index in [1.54, 1.807) is 12.1 Å². The van der Waals surface area contributed by atoms with Crippen molar-refractivity contribution in [2.75, 3.05) is 44.8 Å². The molecule has 6 rings (SSSR count). The van der Waals surface area contributed by atoms with Crippen LogP contribution in [-0.4, -0.2) is 95.6 Å². The SMILES string of the molecule is CC(=O)C1Cc2c(O)c3c(c(O)c2[C@@H](OC2C[C@H](N4CCOCC4O)CCO2)C1)C(=O)c1c(NCCN)cccc1C3=O. The molecule has 5 atom stereocenters. The van der Waals surface area contributed by atoms with Crippen LogP contribution in [0.25, 0.3) is 0 Å². The zero-order valence-electron chi connectivity index (χ0n) is 24.0. The summed E-state index contributed by atoms with van der Waals surface area (Å²) < 4.78 is 17.7. The molecule has 3 unspecified atom stereocenters. The molecule has 0 bridgehead atoms. The van der Waals surface area contributed by atoms with Crippen molar-refractivity contribution in [1.29, 1.82) is 0 Å². The van der Waals surface area contributed by atoms with Gasteiger partial charge in [0.15, 0.2) is 17.9 Å². The number of phenols is 2. The number of nitrogens with two attached hydrogens (primary N) is 1. The van der Waals surface area contributed by atoms with Crippen LogP contribution in [0.2, 0.25) is 0 Å². The molecule has 2 fully saturated rings. The van der Waals surface area contributed by atoms with E-state index in [4.69, 9.17) is 19.9 Å². The summed E-state index contributed by atoms with van der Waals surface area (Å²) in [6, 6.07) is 4.76. The Kier molecular flexibility index (Phi) is 8.24. The van der Waals surface area contributed by atoms with Crippen molar-refractivity contribution >= 4 is 23.0 Å². The Morgan fingerprint density at radius 1 is 1.12 bits per heavy atom. The molecular formula is C31H37N3O9. The van der Waals surface area contributed by atoms with Crippen LogP contribution >= 0.6 is 0 Å². The van der Waals surface area contributed by atoms with Crippen molar-refractivity contribution in [1.82, 2.24) is 4.90 Å². The van der Waals surface area contributed by atoms with Gasteiger partial charge in [0.25, 0.3) is 0 Å². The first-order valence-electron chi connectivity index (χ1n) is 14.8. The molecule has 6 N–H and O–H groups in total. The number of ether oxygens (including phenoxy) is 3. The Labute approximate surface area is 248 Å². The van der Waals surface area contributed by atoms with Crippen LogP contribution in [0, 0.1) is 5.92 Å². The fraction of sp³-hybridized carbons (Fsp3) is 0.516. The highest BCUT2D eigenvalue weighted by Crippen LogP contribution is 2.51. The number of nitrogens with zero attached hydrogens (tertiary/aromatic N) is 1. The third-order valence-electron chi connectivity index (χ3n) is 9.03. The number of anilines is 1. The lowest BCUT2D eigenvalue weighted by atomic mass is 9.73. The molecule has 0 amide bonds. The molecule has 0 spiro atoms. The van der Waals surface area contributed by atoms with Crippen molar-refractivity contribution in [3.63, 3.8) is 0 Å². The standard InChI is InChI=1S/C31H37N3O9/c1-15(35)16-11-19-25(21(12-16)43-23-13-17(5-9-42-23)34-8-10-41-14-22(34)36)31(40)27-26(29(19)38)28(37)18-3-2-4-20(33-7-6-32)24(18)30(27)39/h2-4,16-17,21-23,33,36,38,40H,5-14,32H2,1H3/t16?,17-,21+,22?,23?/m1/s1. The molecule has 2 aliphatic carbocycles. The summed E-state index contributed by atoms with van der Waals surface area (Å²) in [6.07, 6.45) is -0.991. The zero-order valence-corrected chi connectivity index (χ0v) is 24.0. The number of benzene rings is 2. The lowest BCUT2D eigenvalue weighted by Gasteiger charge is -2.43. The van der Waals surface area contributed by atoms with Crippen LogP contribution in [0.3, 0.4) is 0 Å². The minimum Gasteiger partial charge on any atom is -0.507 e. The summed E-state index contributed by atoms with van der Waals surface area (Å²) >= 11 is 0. The number of Topliss-reactive ketones (excluding diaryl/α,β-unsaturated/α-hetero) is 1. The summed E-state index contributed by atoms with van der Waals surface area (Å²) in [6.45, 7) is 3.78. The van der Waals surface area contributed by atoms with E-state index < -0.39 is 47.6 Å². The van der Waals surface area contributed by atoms with Crippen molar-refractivity contribution in [3.8, 4) is 11.5 Å². The van der Waals surface area contributed by atoms with Crippen molar-refractivity contribution in [2.24, 2.45) is 11.7 Å². The number of morpholine rings is 1. The van der Waals surface area contributed by atoms with E-state index in [1.807, 2.05) is 4.90 Å². The Bertz CT molecular complexity index is 1460. The lowest BCUT2D eigenvalue weighted by Crippen LogP contribution is -2.53. The van der Waals surface area contributed by atoms with E-state index in [1.165, 1.54) is 13.0 Å². The normalized spacial score (nSPS) is 27.3. The molecule has 2 aromatic carbocycles. The van der Waals surface area contributed by atoms with Crippen LogP contribution in [0.1, 0.15) is 75.3 Å².